The maximum Gasteiger partial charge on any atom is 0.277 e. The minimum absolute atomic E-state index is 0. The molecule has 0 spiro atoms. The van der Waals surface area contributed by atoms with Gasteiger partial charge >= 0.3 is 0 Å². The van der Waals surface area contributed by atoms with Crippen molar-refractivity contribution in [3.05, 3.63) is 87.3 Å². The van der Waals surface area contributed by atoms with E-state index in [1.54, 1.807) is 27.5 Å². The zero-order valence-corrected chi connectivity index (χ0v) is 19.9. The van der Waals surface area contributed by atoms with E-state index in [1.807, 2.05) is 18.2 Å². The Morgan fingerprint density at radius 3 is 2.78 bits per heavy atom. The predicted octanol–water partition coefficient (Wildman–Crippen LogP) is 4.36. The number of pyridine rings is 1. The molecule has 0 unspecified atom stereocenters. The van der Waals surface area contributed by atoms with Crippen molar-refractivity contribution in [3.63, 3.8) is 0 Å². The average molecular weight is 504 g/mol. The first-order valence-corrected chi connectivity index (χ1v) is 13.1. The fourth-order valence-electron chi connectivity index (χ4n) is 5.76. The van der Waals surface area contributed by atoms with Gasteiger partial charge in [0.1, 0.15) is 18.5 Å². The zero-order valence-electron chi connectivity index (χ0n) is 19.1. The van der Waals surface area contributed by atoms with Crippen LogP contribution in [0.1, 0.15) is 53.5 Å². The maximum atomic E-state index is 13.5. The van der Waals surface area contributed by atoms with Crippen molar-refractivity contribution in [2.45, 2.75) is 37.0 Å². The van der Waals surface area contributed by atoms with Crippen LogP contribution in [0.15, 0.2) is 64.4 Å². The Bertz CT molecular complexity index is 1420. The van der Waals surface area contributed by atoms with E-state index < -0.39 is 11.2 Å². The van der Waals surface area contributed by atoms with Crippen molar-refractivity contribution in [2.75, 3.05) is 24.8 Å². The van der Waals surface area contributed by atoms with E-state index in [-0.39, 0.29) is 25.1 Å². The molecule has 8 heteroatoms. The van der Waals surface area contributed by atoms with E-state index in [4.69, 9.17) is 4.74 Å². The van der Waals surface area contributed by atoms with Crippen molar-refractivity contribution in [1.29, 1.82) is 0 Å². The molecule has 1 aliphatic carbocycles. The van der Waals surface area contributed by atoms with E-state index in [9.17, 15) is 14.7 Å². The van der Waals surface area contributed by atoms with Crippen LogP contribution in [-0.4, -0.2) is 40.4 Å². The second kappa shape index (κ2) is 8.62. The van der Waals surface area contributed by atoms with E-state index >= 15 is 0 Å². The van der Waals surface area contributed by atoms with Crippen LogP contribution in [0.25, 0.3) is 0 Å². The van der Waals surface area contributed by atoms with Gasteiger partial charge in [0.15, 0.2) is 11.4 Å². The standard InChI is InChI=1S/C27H25N3O4S.CH4/c31-20-9-11-29-25(26(20)32)27(33)28-10-8-16-12-18(16)13-34-21-6-3-4-17-14-35-22-7-2-1-5-19(22)24(23(17)21)30(29)15-28;/h1-7,9,11,16,18,24,32H,8,10,12-15H2;1H4/t16-,18-,24+;/m1./s1. The molecular weight excluding hydrogens is 474 g/mol. The summed E-state index contributed by atoms with van der Waals surface area (Å²) in [6, 6.07) is 15.7. The summed E-state index contributed by atoms with van der Waals surface area (Å²) in [5, 5.41) is 12.9. The largest absolute Gasteiger partial charge is 0.502 e. The number of carbonyl (C=O) groups excluding carboxylic acids is 1. The summed E-state index contributed by atoms with van der Waals surface area (Å²) in [5.41, 5.74) is 2.88. The van der Waals surface area contributed by atoms with Gasteiger partial charge in [-0.05, 0) is 47.9 Å². The number of thioether (sulfide) groups is 1. The lowest BCUT2D eigenvalue weighted by Gasteiger charge is -2.44. The summed E-state index contributed by atoms with van der Waals surface area (Å²) < 4.78 is 8.18. The molecule has 3 aliphatic heterocycles. The highest BCUT2D eigenvalue weighted by molar-refractivity contribution is 7.98. The number of carbonyl (C=O) groups is 1. The Balaban J connectivity index is 0.00000240. The van der Waals surface area contributed by atoms with Crippen molar-refractivity contribution in [3.8, 4) is 11.5 Å². The summed E-state index contributed by atoms with van der Waals surface area (Å²) in [6.07, 6.45) is 3.60. The third-order valence-corrected chi connectivity index (χ3v) is 8.89. The predicted molar refractivity (Wildman–Crippen MR) is 139 cm³/mol. The van der Waals surface area contributed by atoms with Crippen LogP contribution >= 0.6 is 11.8 Å². The van der Waals surface area contributed by atoms with Crippen LogP contribution in [0.4, 0.5) is 0 Å². The van der Waals surface area contributed by atoms with Crippen LogP contribution in [0.5, 0.6) is 11.5 Å². The molecule has 0 saturated heterocycles. The number of benzene rings is 2. The molecule has 1 aromatic heterocycles. The SMILES string of the molecule is C.O=C1c2c(O)c(=O)ccn2N2CN1CC[C@@H]1C[C@@H]1COc1cccc3c1[C@@H]2c1ccccc1SC3. The van der Waals surface area contributed by atoms with Crippen molar-refractivity contribution < 1.29 is 14.6 Å². The van der Waals surface area contributed by atoms with Gasteiger partial charge in [0, 0.05) is 35.0 Å². The van der Waals surface area contributed by atoms with Gasteiger partial charge < -0.3 is 14.7 Å². The van der Waals surface area contributed by atoms with Crippen molar-refractivity contribution in [1.82, 2.24) is 9.58 Å². The number of fused-ring (bicyclic) bond motifs is 8. The van der Waals surface area contributed by atoms with E-state index in [0.717, 1.165) is 35.5 Å². The fraction of sp³-hybridized carbons (Fsp3) is 0.357. The summed E-state index contributed by atoms with van der Waals surface area (Å²) in [5.74, 6) is 1.90. The second-order valence-corrected chi connectivity index (χ2v) is 10.8. The molecular formula is C28H29N3O4S. The number of hydrogen-bond donors (Lipinski definition) is 1. The molecule has 36 heavy (non-hydrogen) atoms. The lowest BCUT2D eigenvalue weighted by atomic mass is 9.93. The van der Waals surface area contributed by atoms with Gasteiger partial charge in [-0.3, -0.25) is 19.3 Å². The molecule has 2 aromatic carbocycles. The Kier molecular flexibility index (Phi) is 5.52. The molecule has 7 nitrogen and oxygen atoms in total. The number of aromatic nitrogens is 1. The average Bonchev–Trinajstić information content (AvgIpc) is 3.65. The topological polar surface area (TPSA) is 75.0 Å². The quantitative estimate of drug-likeness (QED) is 0.492. The Labute approximate surface area is 214 Å². The highest BCUT2D eigenvalue weighted by Gasteiger charge is 2.43. The van der Waals surface area contributed by atoms with Crippen LogP contribution in [0.2, 0.25) is 0 Å². The fourth-order valence-corrected chi connectivity index (χ4v) is 6.85. The summed E-state index contributed by atoms with van der Waals surface area (Å²) in [7, 11) is 0. The van der Waals surface area contributed by atoms with Crippen LogP contribution in [0, 0.1) is 11.8 Å². The molecule has 4 heterocycles. The number of ether oxygens (including phenoxy) is 1. The zero-order chi connectivity index (χ0) is 23.7. The lowest BCUT2D eigenvalue weighted by Crippen LogP contribution is -2.55. The van der Waals surface area contributed by atoms with E-state index in [2.05, 4.69) is 29.3 Å². The third kappa shape index (κ3) is 3.50. The molecule has 2 bridgehead atoms. The molecule has 1 saturated carbocycles. The monoisotopic (exact) mass is 503 g/mol. The van der Waals surface area contributed by atoms with Gasteiger partial charge in [0.05, 0.1) is 6.61 Å². The molecule has 0 radical (unpaired) electrons. The molecule has 1 N–H and O–H groups in total. The maximum absolute atomic E-state index is 13.5. The van der Waals surface area contributed by atoms with Crippen molar-refractivity contribution in [2.24, 2.45) is 11.8 Å². The van der Waals surface area contributed by atoms with Crippen LogP contribution in [0.3, 0.4) is 0 Å². The number of hydrogen-bond acceptors (Lipinski definition) is 6. The van der Waals surface area contributed by atoms with Crippen LogP contribution in [-0.2, 0) is 5.75 Å². The van der Waals surface area contributed by atoms with Gasteiger partial charge in [0.2, 0.25) is 5.43 Å². The van der Waals surface area contributed by atoms with Gasteiger partial charge in [-0.1, -0.05) is 37.8 Å². The number of aromatic hydroxyl groups is 1. The molecule has 4 aliphatic rings. The first-order valence-electron chi connectivity index (χ1n) is 12.1. The molecule has 186 valence electrons. The summed E-state index contributed by atoms with van der Waals surface area (Å²) >= 11 is 1.80. The van der Waals surface area contributed by atoms with Gasteiger partial charge in [0.25, 0.3) is 5.91 Å². The highest BCUT2D eigenvalue weighted by atomic mass is 32.2. The van der Waals surface area contributed by atoms with Gasteiger partial charge in [-0.2, -0.15) is 0 Å². The van der Waals surface area contributed by atoms with Gasteiger partial charge in [-0.15, -0.1) is 11.8 Å². The molecule has 3 atom stereocenters. The Morgan fingerprint density at radius 2 is 1.89 bits per heavy atom. The first-order chi connectivity index (χ1) is 17.1. The molecule has 1 fully saturated rings. The highest BCUT2D eigenvalue weighted by Crippen LogP contribution is 2.48. The smallest absolute Gasteiger partial charge is 0.277 e. The molecule has 7 rings (SSSR count). The Morgan fingerprint density at radius 1 is 1.03 bits per heavy atom. The first kappa shape index (κ1) is 23.0. The molecule has 1 amide bonds. The minimum atomic E-state index is -0.545. The Hall–Kier alpha value is -3.39. The second-order valence-electron chi connectivity index (χ2n) is 9.78. The number of nitrogens with zero attached hydrogens (tertiary/aromatic N) is 3. The van der Waals surface area contributed by atoms with E-state index in [0.29, 0.717) is 31.7 Å². The summed E-state index contributed by atoms with van der Waals surface area (Å²) in [6.45, 7) is 1.61. The lowest BCUT2D eigenvalue weighted by molar-refractivity contribution is 0.0671. The third-order valence-electron chi connectivity index (χ3n) is 7.75. The van der Waals surface area contributed by atoms with Crippen LogP contribution < -0.4 is 15.2 Å². The van der Waals surface area contributed by atoms with Gasteiger partial charge in [-0.25, -0.2) is 0 Å². The normalized spacial score (nSPS) is 23.8. The number of rotatable bonds is 0. The molecule has 3 aromatic rings. The summed E-state index contributed by atoms with van der Waals surface area (Å²) in [4.78, 5) is 28.9. The van der Waals surface area contributed by atoms with E-state index in [1.165, 1.54) is 16.5 Å². The number of amides is 1. The van der Waals surface area contributed by atoms with Crippen molar-refractivity contribution >= 4 is 17.7 Å². The minimum Gasteiger partial charge on any atom is -0.502 e.